The van der Waals surface area contributed by atoms with Gasteiger partial charge in [0, 0.05) is 17.9 Å². The Morgan fingerprint density at radius 2 is 1.60 bits per heavy atom. The van der Waals surface area contributed by atoms with E-state index in [1.807, 2.05) is 36.4 Å². The van der Waals surface area contributed by atoms with Gasteiger partial charge < -0.3 is 10.2 Å². The molecule has 1 aliphatic rings. The van der Waals surface area contributed by atoms with E-state index >= 15 is 0 Å². The van der Waals surface area contributed by atoms with E-state index in [2.05, 4.69) is 5.32 Å². The quantitative estimate of drug-likeness (QED) is 0.452. The fourth-order valence-corrected chi connectivity index (χ4v) is 4.05. The van der Waals surface area contributed by atoms with Gasteiger partial charge in [-0.3, -0.25) is 4.79 Å². The number of urea groups is 1. The molecule has 1 fully saturated rings. The molecule has 0 spiro atoms. The lowest BCUT2D eigenvalue weighted by molar-refractivity contribution is -0.137. The third-order valence-electron chi connectivity index (χ3n) is 5.84. The molecule has 1 heterocycles. The average Bonchev–Trinajstić information content (AvgIpc) is 2.98. The molecule has 0 bridgehead atoms. The first kappa shape index (κ1) is 23.8. The molecule has 1 saturated heterocycles. The molecule has 4 rings (SSSR count). The number of rotatable bonds is 5. The highest BCUT2D eigenvalue weighted by Crippen LogP contribution is 2.42. The summed E-state index contributed by atoms with van der Waals surface area (Å²) in [6.07, 6.45) is -4.93. The number of carbonyl (C=O) groups excluding carboxylic acids is 2. The lowest BCUT2D eigenvalue weighted by Gasteiger charge is -2.28. The fourth-order valence-electron chi connectivity index (χ4n) is 4.05. The van der Waals surface area contributed by atoms with Crippen LogP contribution in [-0.2, 0) is 17.5 Å². The largest absolute Gasteiger partial charge is 0.419 e. The predicted molar refractivity (Wildman–Crippen MR) is 125 cm³/mol. The zero-order valence-corrected chi connectivity index (χ0v) is 18.9. The number of carbonyl (C=O) groups is 2. The van der Waals surface area contributed by atoms with Crippen LogP contribution in [0.2, 0.25) is 0 Å². The first-order chi connectivity index (χ1) is 16.5. The first-order valence-corrected chi connectivity index (χ1v) is 10.7. The fraction of sp³-hybridized carbons (Fsp3) is 0.192. The molecule has 178 valence electrons. The van der Waals surface area contributed by atoms with Crippen LogP contribution in [0.15, 0.2) is 72.8 Å². The van der Waals surface area contributed by atoms with Crippen molar-refractivity contribution in [2.45, 2.75) is 32.1 Å². The van der Waals surface area contributed by atoms with Crippen molar-refractivity contribution in [3.05, 3.63) is 89.5 Å². The summed E-state index contributed by atoms with van der Waals surface area (Å²) in [7, 11) is 0. The number of imide groups is 1. The van der Waals surface area contributed by atoms with Crippen molar-refractivity contribution in [3.8, 4) is 6.07 Å². The maximum atomic E-state index is 13.8. The zero-order chi connectivity index (χ0) is 25.4. The number of nitrogens with one attached hydrogen (secondary N) is 1. The molecule has 3 aromatic rings. The minimum atomic E-state index is -4.93. The van der Waals surface area contributed by atoms with Crippen LogP contribution < -0.4 is 10.2 Å². The summed E-state index contributed by atoms with van der Waals surface area (Å²) >= 11 is 0. The molecular weight excluding hydrogens is 457 g/mol. The number of amides is 3. The predicted octanol–water partition coefficient (Wildman–Crippen LogP) is 6.07. The van der Waals surface area contributed by atoms with Crippen molar-refractivity contribution in [3.63, 3.8) is 0 Å². The molecule has 9 heteroatoms. The maximum Gasteiger partial charge on any atom is 0.419 e. The number of halogens is 3. The van der Waals surface area contributed by atoms with Gasteiger partial charge in [-0.2, -0.15) is 18.4 Å². The monoisotopic (exact) mass is 478 g/mol. The van der Waals surface area contributed by atoms with E-state index in [4.69, 9.17) is 0 Å². The summed E-state index contributed by atoms with van der Waals surface area (Å²) in [5, 5.41) is 12.5. The Hall–Kier alpha value is -4.32. The Balaban J connectivity index is 1.68. The molecule has 6 nitrogen and oxygen atoms in total. The van der Waals surface area contributed by atoms with Crippen molar-refractivity contribution >= 4 is 29.0 Å². The van der Waals surface area contributed by atoms with Gasteiger partial charge in [0.05, 0.1) is 22.9 Å². The van der Waals surface area contributed by atoms with Crippen LogP contribution in [-0.4, -0.2) is 22.4 Å². The SMILES string of the molecule is CC1(C)C(=O)N(c2cccc(C#N)c2C(F)(F)F)C(=O)N1Cc1cccc(Nc2ccccc2)c1. The molecule has 1 aliphatic heterocycles. The average molecular weight is 478 g/mol. The van der Waals surface area contributed by atoms with Gasteiger partial charge in [0.15, 0.2) is 0 Å². The van der Waals surface area contributed by atoms with Gasteiger partial charge >= 0.3 is 12.2 Å². The summed E-state index contributed by atoms with van der Waals surface area (Å²) in [5.41, 5.74) is -1.73. The van der Waals surface area contributed by atoms with Gasteiger partial charge in [-0.05, 0) is 55.8 Å². The lowest BCUT2D eigenvalue weighted by atomic mass is 10.0. The standard InChI is InChI=1S/C26H21F3N4O2/c1-25(2)23(34)33(21-13-7-9-18(15-30)22(21)26(27,28)29)24(35)32(25)16-17-8-6-12-20(14-17)31-19-10-4-3-5-11-19/h3-14,31H,16H2,1-2H3. The van der Waals surface area contributed by atoms with Crippen LogP contribution >= 0.6 is 0 Å². The molecule has 3 aromatic carbocycles. The normalized spacial score (nSPS) is 15.3. The summed E-state index contributed by atoms with van der Waals surface area (Å²) in [5.74, 6) is -0.804. The second-order valence-electron chi connectivity index (χ2n) is 8.57. The van der Waals surface area contributed by atoms with E-state index in [9.17, 15) is 28.0 Å². The second-order valence-corrected chi connectivity index (χ2v) is 8.57. The van der Waals surface area contributed by atoms with Crippen molar-refractivity contribution in [2.75, 3.05) is 10.2 Å². The smallest absolute Gasteiger partial charge is 0.356 e. The molecular formula is C26H21F3N4O2. The minimum absolute atomic E-state index is 0.00231. The van der Waals surface area contributed by atoms with Crippen LogP contribution in [0.5, 0.6) is 0 Å². The number of benzene rings is 3. The molecule has 0 atom stereocenters. The topological polar surface area (TPSA) is 76.4 Å². The highest BCUT2D eigenvalue weighted by Gasteiger charge is 2.53. The maximum absolute atomic E-state index is 13.8. The molecule has 0 aromatic heterocycles. The Labute approximate surface area is 200 Å². The second kappa shape index (κ2) is 8.80. The number of hydrogen-bond acceptors (Lipinski definition) is 4. The van der Waals surface area contributed by atoms with Crippen molar-refractivity contribution in [1.29, 1.82) is 5.26 Å². The number of anilines is 3. The number of nitriles is 1. The Bertz CT molecular complexity index is 1330. The van der Waals surface area contributed by atoms with Gasteiger partial charge in [-0.1, -0.05) is 36.4 Å². The number of para-hydroxylation sites is 1. The molecule has 0 unspecified atom stereocenters. The molecule has 35 heavy (non-hydrogen) atoms. The molecule has 0 aliphatic carbocycles. The van der Waals surface area contributed by atoms with Crippen LogP contribution in [0.3, 0.4) is 0 Å². The number of nitrogens with zero attached hydrogens (tertiary/aromatic N) is 3. The number of hydrogen-bond donors (Lipinski definition) is 1. The van der Waals surface area contributed by atoms with Crippen LogP contribution in [0.4, 0.5) is 35.0 Å². The lowest BCUT2D eigenvalue weighted by Crippen LogP contribution is -2.43. The number of alkyl halides is 3. The molecule has 0 saturated carbocycles. The summed E-state index contributed by atoms with van der Waals surface area (Å²) in [4.78, 5) is 28.3. The molecule has 3 amide bonds. The summed E-state index contributed by atoms with van der Waals surface area (Å²) in [6.45, 7) is 2.97. The summed E-state index contributed by atoms with van der Waals surface area (Å²) < 4.78 is 41.5. The van der Waals surface area contributed by atoms with Gasteiger partial charge in [0.2, 0.25) is 0 Å². The zero-order valence-electron chi connectivity index (χ0n) is 18.9. The highest BCUT2D eigenvalue weighted by molar-refractivity contribution is 6.23. The first-order valence-electron chi connectivity index (χ1n) is 10.7. The van der Waals surface area contributed by atoms with Gasteiger partial charge in [-0.25, -0.2) is 9.69 Å². The van der Waals surface area contributed by atoms with Crippen molar-refractivity contribution in [2.24, 2.45) is 0 Å². The van der Waals surface area contributed by atoms with E-state index in [1.165, 1.54) is 30.9 Å². The van der Waals surface area contributed by atoms with Crippen LogP contribution in [0.1, 0.15) is 30.5 Å². The third-order valence-corrected chi connectivity index (χ3v) is 5.84. The van der Waals surface area contributed by atoms with E-state index in [1.54, 1.807) is 18.2 Å². The summed E-state index contributed by atoms with van der Waals surface area (Å²) in [6, 6.07) is 20.5. The Kier molecular flexibility index (Phi) is 5.99. The van der Waals surface area contributed by atoms with Gasteiger partial charge in [0.25, 0.3) is 5.91 Å². The van der Waals surface area contributed by atoms with Crippen LogP contribution in [0, 0.1) is 11.3 Å². The molecule has 1 N–H and O–H groups in total. The molecule has 0 radical (unpaired) electrons. The Morgan fingerprint density at radius 3 is 2.26 bits per heavy atom. The van der Waals surface area contributed by atoms with Gasteiger partial charge in [-0.15, -0.1) is 0 Å². The van der Waals surface area contributed by atoms with Crippen molar-refractivity contribution < 1.29 is 22.8 Å². The Morgan fingerprint density at radius 1 is 0.943 bits per heavy atom. The highest BCUT2D eigenvalue weighted by atomic mass is 19.4. The minimum Gasteiger partial charge on any atom is -0.356 e. The third kappa shape index (κ3) is 4.43. The van der Waals surface area contributed by atoms with E-state index < -0.39 is 40.5 Å². The van der Waals surface area contributed by atoms with Crippen LogP contribution in [0.25, 0.3) is 0 Å². The van der Waals surface area contributed by atoms with Gasteiger partial charge in [0.1, 0.15) is 5.54 Å². The van der Waals surface area contributed by atoms with E-state index in [0.717, 1.165) is 23.5 Å². The van der Waals surface area contributed by atoms with E-state index in [0.29, 0.717) is 10.5 Å². The van der Waals surface area contributed by atoms with Crippen molar-refractivity contribution in [1.82, 2.24) is 4.90 Å². The van der Waals surface area contributed by atoms with E-state index in [-0.39, 0.29) is 6.54 Å².